The molecule has 0 aliphatic carbocycles. The van der Waals surface area contributed by atoms with Crippen LogP contribution in [0, 0.1) is 5.41 Å². The molecule has 2 rings (SSSR count). The molecule has 1 aliphatic rings. The zero-order valence-electron chi connectivity index (χ0n) is 15.2. The van der Waals surface area contributed by atoms with Crippen molar-refractivity contribution >= 4 is 23.7 Å². The van der Waals surface area contributed by atoms with Crippen molar-refractivity contribution in [3.8, 4) is 0 Å². The average molecular weight is 396 g/mol. The fraction of sp³-hybridized carbons (Fsp3) is 0.500. The Morgan fingerprint density at radius 2 is 2.04 bits per heavy atom. The Morgan fingerprint density at radius 3 is 2.64 bits per heavy atom. The molecule has 152 valence electrons. The third kappa shape index (κ3) is 5.13. The van der Waals surface area contributed by atoms with Gasteiger partial charge in [0.15, 0.2) is 24.1 Å². The molecular formula is C16H20N4O8. The van der Waals surface area contributed by atoms with Gasteiger partial charge < -0.3 is 24.7 Å². The second-order valence-electron chi connectivity index (χ2n) is 5.82. The molecule has 0 bridgehead atoms. The predicted octanol–water partition coefficient (Wildman–Crippen LogP) is -1.15. The van der Waals surface area contributed by atoms with Crippen molar-refractivity contribution in [3.63, 3.8) is 0 Å². The lowest BCUT2D eigenvalue weighted by Gasteiger charge is -2.23. The van der Waals surface area contributed by atoms with Crippen molar-refractivity contribution in [3.05, 3.63) is 28.4 Å². The lowest BCUT2D eigenvalue weighted by molar-refractivity contribution is -0.167. The van der Waals surface area contributed by atoms with Crippen LogP contribution >= 0.6 is 0 Å². The number of hydrogen-bond donors (Lipinski definition) is 2. The molecular weight excluding hydrogens is 376 g/mol. The van der Waals surface area contributed by atoms with E-state index >= 15 is 0 Å². The monoisotopic (exact) mass is 396 g/mol. The minimum atomic E-state index is -1.12. The van der Waals surface area contributed by atoms with Gasteiger partial charge in [-0.1, -0.05) is 0 Å². The SMILES string of the molecule is CC(=O)OCCC(=O)O[C@@H]1CO[C@@H](n2ccnc(C(=N)N)c2=O)[C@@H]1OC(C)=O. The molecule has 0 spiro atoms. The number of esters is 3. The van der Waals surface area contributed by atoms with Crippen LogP contribution in [0.25, 0.3) is 0 Å². The van der Waals surface area contributed by atoms with Crippen LogP contribution in [0.2, 0.25) is 0 Å². The standard InChI is InChI=1S/C16H20N4O8/c1-8(21)25-6-3-11(23)28-10-7-26-16(13(10)27-9(2)22)20-5-4-19-12(14(17)18)15(20)24/h4-5,10,13,16H,3,6-7H2,1-2H3,(H3,17,18)/t10-,13-,16-/m1/s1. The number of hydrogen-bond acceptors (Lipinski definition) is 10. The van der Waals surface area contributed by atoms with Gasteiger partial charge >= 0.3 is 17.9 Å². The minimum absolute atomic E-state index is 0.147. The number of amidine groups is 1. The molecule has 3 atom stereocenters. The highest BCUT2D eigenvalue weighted by Crippen LogP contribution is 2.28. The van der Waals surface area contributed by atoms with E-state index in [9.17, 15) is 19.2 Å². The van der Waals surface area contributed by atoms with Crippen molar-refractivity contribution < 1.29 is 33.3 Å². The highest BCUT2D eigenvalue weighted by atomic mass is 16.6. The summed E-state index contributed by atoms with van der Waals surface area (Å²) in [5, 5.41) is 7.40. The molecule has 0 radical (unpaired) electrons. The van der Waals surface area contributed by atoms with Gasteiger partial charge in [0.2, 0.25) is 0 Å². The van der Waals surface area contributed by atoms with E-state index in [0.717, 1.165) is 11.5 Å². The molecule has 1 aliphatic heterocycles. The molecule has 0 amide bonds. The van der Waals surface area contributed by atoms with Gasteiger partial charge in [-0.25, -0.2) is 4.98 Å². The molecule has 2 heterocycles. The Hall–Kier alpha value is -3.28. The summed E-state index contributed by atoms with van der Waals surface area (Å²) in [6, 6.07) is 0. The maximum absolute atomic E-state index is 12.5. The first kappa shape index (κ1) is 21.0. The predicted molar refractivity (Wildman–Crippen MR) is 91.2 cm³/mol. The van der Waals surface area contributed by atoms with Gasteiger partial charge in [0.05, 0.1) is 13.0 Å². The molecule has 0 unspecified atom stereocenters. The molecule has 28 heavy (non-hydrogen) atoms. The molecule has 0 aromatic carbocycles. The van der Waals surface area contributed by atoms with Crippen LogP contribution in [-0.2, 0) is 33.3 Å². The third-order valence-electron chi connectivity index (χ3n) is 3.67. The highest BCUT2D eigenvalue weighted by molar-refractivity contribution is 5.92. The minimum Gasteiger partial charge on any atom is -0.465 e. The first-order valence-electron chi connectivity index (χ1n) is 8.24. The van der Waals surface area contributed by atoms with Gasteiger partial charge in [-0.05, 0) is 0 Å². The lowest BCUT2D eigenvalue weighted by atomic mass is 10.2. The van der Waals surface area contributed by atoms with Crippen LogP contribution in [0.5, 0.6) is 0 Å². The second-order valence-corrected chi connectivity index (χ2v) is 5.82. The second kappa shape index (κ2) is 9.08. The van der Waals surface area contributed by atoms with Crippen LogP contribution in [0.4, 0.5) is 0 Å². The number of nitrogens with zero attached hydrogens (tertiary/aromatic N) is 2. The largest absolute Gasteiger partial charge is 0.465 e. The van der Waals surface area contributed by atoms with Crippen LogP contribution in [-0.4, -0.2) is 58.7 Å². The maximum Gasteiger partial charge on any atom is 0.309 e. The molecule has 1 aromatic heterocycles. The number of carbonyl (C=O) groups excluding carboxylic acids is 3. The topological polar surface area (TPSA) is 173 Å². The fourth-order valence-electron chi connectivity index (χ4n) is 2.55. The van der Waals surface area contributed by atoms with Gasteiger partial charge in [0, 0.05) is 26.2 Å². The van der Waals surface area contributed by atoms with Crippen molar-refractivity contribution in [1.29, 1.82) is 5.41 Å². The van der Waals surface area contributed by atoms with E-state index in [2.05, 4.69) is 9.72 Å². The van der Waals surface area contributed by atoms with Crippen LogP contribution in [0.1, 0.15) is 32.2 Å². The molecule has 1 fully saturated rings. The summed E-state index contributed by atoms with van der Waals surface area (Å²) in [7, 11) is 0. The first-order valence-corrected chi connectivity index (χ1v) is 8.24. The van der Waals surface area contributed by atoms with Crippen LogP contribution in [0.15, 0.2) is 17.2 Å². The smallest absolute Gasteiger partial charge is 0.309 e. The number of nitrogens with one attached hydrogen (secondary N) is 1. The van der Waals surface area contributed by atoms with E-state index in [4.69, 9.17) is 25.4 Å². The lowest BCUT2D eigenvalue weighted by Crippen LogP contribution is -2.40. The number of nitrogen functional groups attached to an aromatic ring is 1. The summed E-state index contributed by atoms with van der Waals surface area (Å²) in [5.74, 6) is -2.43. The normalized spacial score (nSPS) is 21.0. The maximum atomic E-state index is 12.5. The summed E-state index contributed by atoms with van der Waals surface area (Å²) < 4.78 is 21.7. The van der Waals surface area contributed by atoms with Gasteiger partial charge in [-0.15, -0.1) is 0 Å². The number of rotatable bonds is 7. The van der Waals surface area contributed by atoms with E-state index in [1.165, 1.54) is 19.3 Å². The molecule has 3 N–H and O–H groups in total. The fourth-order valence-corrected chi connectivity index (χ4v) is 2.55. The Bertz CT molecular complexity index is 836. The Balaban J connectivity index is 2.19. The van der Waals surface area contributed by atoms with Crippen molar-refractivity contribution in [1.82, 2.24) is 9.55 Å². The summed E-state index contributed by atoms with van der Waals surface area (Å²) >= 11 is 0. The van der Waals surface area contributed by atoms with Gasteiger partial charge in [0.1, 0.15) is 12.4 Å². The highest BCUT2D eigenvalue weighted by Gasteiger charge is 2.44. The Morgan fingerprint density at radius 1 is 1.32 bits per heavy atom. The zero-order valence-corrected chi connectivity index (χ0v) is 15.2. The Kier molecular flexibility index (Phi) is 6.82. The quantitative estimate of drug-likeness (QED) is 0.248. The molecule has 12 nitrogen and oxygen atoms in total. The van der Waals surface area contributed by atoms with Gasteiger partial charge in [-0.3, -0.25) is 29.2 Å². The molecule has 1 saturated heterocycles. The zero-order chi connectivity index (χ0) is 20.8. The van der Waals surface area contributed by atoms with E-state index in [1.54, 1.807) is 0 Å². The summed E-state index contributed by atoms with van der Waals surface area (Å²) in [6.07, 6.45) is -0.888. The van der Waals surface area contributed by atoms with Gasteiger partial charge in [-0.2, -0.15) is 0 Å². The van der Waals surface area contributed by atoms with Crippen molar-refractivity contribution in [2.24, 2.45) is 5.73 Å². The van der Waals surface area contributed by atoms with E-state index in [0.29, 0.717) is 0 Å². The Labute approximate surface area is 159 Å². The van der Waals surface area contributed by atoms with Gasteiger partial charge in [0.25, 0.3) is 5.56 Å². The summed E-state index contributed by atoms with van der Waals surface area (Å²) in [6.45, 7) is 2.06. The van der Waals surface area contributed by atoms with E-state index in [1.807, 2.05) is 0 Å². The molecule has 1 aromatic rings. The summed E-state index contributed by atoms with van der Waals surface area (Å²) in [5.41, 5.74) is 4.31. The van der Waals surface area contributed by atoms with Crippen LogP contribution < -0.4 is 11.3 Å². The number of nitrogens with two attached hydrogens (primary N) is 1. The first-order chi connectivity index (χ1) is 13.2. The molecule has 0 saturated carbocycles. The average Bonchev–Trinajstić information content (AvgIpc) is 2.96. The van der Waals surface area contributed by atoms with Crippen molar-refractivity contribution in [2.45, 2.75) is 38.7 Å². The number of carbonyl (C=O) groups is 3. The number of ether oxygens (including phenoxy) is 4. The van der Waals surface area contributed by atoms with Crippen molar-refractivity contribution in [2.75, 3.05) is 13.2 Å². The van der Waals surface area contributed by atoms with Crippen LogP contribution in [0.3, 0.4) is 0 Å². The molecule has 12 heteroatoms. The van der Waals surface area contributed by atoms with E-state index in [-0.39, 0.29) is 25.3 Å². The van der Waals surface area contributed by atoms with E-state index < -0.39 is 47.7 Å². The number of aromatic nitrogens is 2. The summed E-state index contributed by atoms with van der Waals surface area (Å²) in [4.78, 5) is 50.4. The third-order valence-corrected chi connectivity index (χ3v) is 3.67.